The zero-order chi connectivity index (χ0) is 20.6. The Hall–Kier alpha value is -2.64. The van der Waals surface area contributed by atoms with Gasteiger partial charge in [-0.05, 0) is 36.7 Å². The lowest BCUT2D eigenvalue weighted by atomic mass is 10.1. The fourth-order valence-electron chi connectivity index (χ4n) is 3.37. The van der Waals surface area contributed by atoms with Crippen LogP contribution >= 0.6 is 0 Å². The number of likely N-dealkylation sites (N-methyl/N-ethyl adjacent to an activating group) is 1. The number of nitrogens with one attached hydrogen (secondary N) is 2. The molecule has 1 saturated heterocycles. The standard InChI is InChI=1S/C22H30N4O3/c1-3-25-10-12-26(13-11-25)16-19-8-6-18(7-9-19)15-23-21(27)17(2)24-22(28)20-5-4-14-29-20/h4-9,14,17H,3,10-13,15-16H2,1-2H3,(H,23,27)(H,24,28)/t17-/m0/s1. The normalized spacial score (nSPS) is 16.3. The van der Waals surface area contributed by atoms with Crippen LogP contribution in [0.3, 0.4) is 0 Å². The number of piperazine rings is 1. The van der Waals surface area contributed by atoms with E-state index < -0.39 is 11.9 Å². The molecule has 2 heterocycles. The molecular formula is C22H30N4O3. The fourth-order valence-corrected chi connectivity index (χ4v) is 3.37. The number of furan rings is 1. The second kappa shape index (κ2) is 10.2. The van der Waals surface area contributed by atoms with Crippen molar-refractivity contribution in [1.82, 2.24) is 20.4 Å². The van der Waals surface area contributed by atoms with E-state index in [0.29, 0.717) is 6.54 Å². The monoisotopic (exact) mass is 398 g/mol. The van der Waals surface area contributed by atoms with Crippen molar-refractivity contribution >= 4 is 11.8 Å². The summed E-state index contributed by atoms with van der Waals surface area (Å²) in [7, 11) is 0. The van der Waals surface area contributed by atoms with Gasteiger partial charge in [0.05, 0.1) is 6.26 Å². The van der Waals surface area contributed by atoms with Crippen molar-refractivity contribution in [3.05, 3.63) is 59.5 Å². The van der Waals surface area contributed by atoms with Gasteiger partial charge in [0.1, 0.15) is 6.04 Å². The van der Waals surface area contributed by atoms with E-state index in [-0.39, 0.29) is 11.7 Å². The number of amides is 2. The lowest BCUT2D eigenvalue weighted by Crippen LogP contribution is -2.45. The molecule has 7 heteroatoms. The fraction of sp³-hybridized carbons (Fsp3) is 0.455. The Morgan fingerprint density at radius 2 is 1.69 bits per heavy atom. The van der Waals surface area contributed by atoms with Crippen molar-refractivity contribution in [2.45, 2.75) is 33.0 Å². The van der Waals surface area contributed by atoms with Crippen molar-refractivity contribution in [2.24, 2.45) is 0 Å². The molecule has 3 rings (SSSR count). The van der Waals surface area contributed by atoms with E-state index >= 15 is 0 Å². The summed E-state index contributed by atoms with van der Waals surface area (Å²) in [4.78, 5) is 29.1. The molecule has 156 valence electrons. The third-order valence-corrected chi connectivity index (χ3v) is 5.29. The van der Waals surface area contributed by atoms with Crippen LogP contribution in [-0.4, -0.2) is 60.4 Å². The first-order valence-electron chi connectivity index (χ1n) is 10.2. The van der Waals surface area contributed by atoms with E-state index in [1.54, 1.807) is 19.1 Å². The minimum Gasteiger partial charge on any atom is -0.459 e. The van der Waals surface area contributed by atoms with Crippen LogP contribution < -0.4 is 10.6 Å². The van der Waals surface area contributed by atoms with Gasteiger partial charge in [-0.2, -0.15) is 0 Å². The maximum absolute atomic E-state index is 12.2. The average Bonchev–Trinajstić information content (AvgIpc) is 3.28. The molecule has 1 aromatic heterocycles. The van der Waals surface area contributed by atoms with Gasteiger partial charge in [0.25, 0.3) is 5.91 Å². The lowest BCUT2D eigenvalue weighted by molar-refractivity contribution is -0.122. The summed E-state index contributed by atoms with van der Waals surface area (Å²) in [6, 6.07) is 10.9. The van der Waals surface area contributed by atoms with Gasteiger partial charge in [-0.15, -0.1) is 0 Å². The lowest BCUT2D eigenvalue weighted by Gasteiger charge is -2.34. The Morgan fingerprint density at radius 1 is 1.03 bits per heavy atom. The Balaban J connectivity index is 1.41. The van der Waals surface area contributed by atoms with Crippen LogP contribution in [0.5, 0.6) is 0 Å². The first-order chi connectivity index (χ1) is 14.0. The summed E-state index contributed by atoms with van der Waals surface area (Å²) in [6.45, 7) is 10.8. The molecule has 0 spiro atoms. The summed E-state index contributed by atoms with van der Waals surface area (Å²) >= 11 is 0. The Morgan fingerprint density at radius 3 is 2.31 bits per heavy atom. The minimum absolute atomic E-state index is 0.191. The Labute approximate surface area is 172 Å². The molecule has 7 nitrogen and oxygen atoms in total. The average molecular weight is 399 g/mol. The third-order valence-electron chi connectivity index (χ3n) is 5.29. The molecule has 1 fully saturated rings. The first kappa shape index (κ1) is 21.1. The highest BCUT2D eigenvalue weighted by atomic mass is 16.3. The molecule has 0 bridgehead atoms. The van der Waals surface area contributed by atoms with Crippen molar-refractivity contribution in [3.8, 4) is 0 Å². The van der Waals surface area contributed by atoms with Crippen LogP contribution in [-0.2, 0) is 17.9 Å². The van der Waals surface area contributed by atoms with Gasteiger partial charge in [0.15, 0.2) is 5.76 Å². The van der Waals surface area contributed by atoms with Crippen molar-refractivity contribution in [2.75, 3.05) is 32.7 Å². The molecule has 0 radical (unpaired) electrons. The zero-order valence-corrected chi connectivity index (χ0v) is 17.2. The van der Waals surface area contributed by atoms with Crippen molar-refractivity contribution in [1.29, 1.82) is 0 Å². The highest BCUT2D eigenvalue weighted by Gasteiger charge is 2.18. The molecule has 1 aliphatic heterocycles. The molecule has 2 aromatic rings. The number of hydrogen-bond donors (Lipinski definition) is 2. The molecule has 1 aromatic carbocycles. The van der Waals surface area contributed by atoms with Gasteiger partial charge in [0, 0.05) is 39.3 Å². The first-order valence-corrected chi connectivity index (χ1v) is 10.2. The Bertz CT molecular complexity index is 781. The van der Waals surface area contributed by atoms with Crippen LogP contribution in [0, 0.1) is 0 Å². The van der Waals surface area contributed by atoms with E-state index in [4.69, 9.17) is 4.42 Å². The summed E-state index contributed by atoms with van der Waals surface area (Å²) < 4.78 is 5.03. The third kappa shape index (κ3) is 6.17. The molecule has 0 saturated carbocycles. The Kier molecular flexibility index (Phi) is 7.43. The van der Waals surface area contributed by atoms with E-state index in [0.717, 1.165) is 44.8 Å². The number of carbonyl (C=O) groups excluding carboxylic acids is 2. The van der Waals surface area contributed by atoms with E-state index in [2.05, 4.69) is 39.5 Å². The van der Waals surface area contributed by atoms with Gasteiger partial charge in [-0.25, -0.2) is 0 Å². The molecule has 0 aliphatic carbocycles. The predicted octanol–water partition coefficient (Wildman–Crippen LogP) is 1.85. The van der Waals surface area contributed by atoms with Crippen molar-refractivity contribution in [3.63, 3.8) is 0 Å². The molecule has 2 amide bonds. The second-order valence-corrected chi connectivity index (χ2v) is 7.42. The largest absolute Gasteiger partial charge is 0.459 e. The summed E-state index contributed by atoms with van der Waals surface area (Å²) in [5, 5.41) is 5.49. The van der Waals surface area contributed by atoms with Crippen LogP contribution in [0.15, 0.2) is 47.1 Å². The molecule has 1 atom stereocenters. The van der Waals surface area contributed by atoms with Gasteiger partial charge in [0.2, 0.25) is 5.91 Å². The predicted molar refractivity (Wildman–Crippen MR) is 111 cm³/mol. The maximum atomic E-state index is 12.2. The second-order valence-electron chi connectivity index (χ2n) is 7.42. The van der Waals surface area contributed by atoms with Gasteiger partial charge < -0.3 is 20.0 Å². The summed E-state index contributed by atoms with van der Waals surface area (Å²) in [6.07, 6.45) is 1.43. The number of hydrogen-bond acceptors (Lipinski definition) is 5. The van der Waals surface area contributed by atoms with Gasteiger partial charge >= 0.3 is 0 Å². The van der Waals surface area contributed by atoms with Crippen LogP contribution in [0.25, 0.3) is 0 Å². The van der Waals surface area contributed by atoms with E-state index in [1.165, 1.54) is 11.8 Å². The van der Waals surface area contributed by atoms with E-state index in [9.17, 15) is 9.59 Å². The van der Waals surface area contributed by atoms with Crippen LogP contribution in [0.4, 0.5) is 0 Å². The number of nitrogens with zero attached hydrogens (tertiary/aromatic N) is 2. The number of benzene rings is 1. The van der Waals surface area contributed by atoms with E-state index in [1.807, 2.05) is 12.1 Å². The summed E-state index contributed by atoms with van der Waals surface area (Å²) in [5.74, 6) is -0.444. The highest BCUT2D eigenvalue weighted by Crippen LogP contribution is 2.10. The number of rotatable bonds is 8. The number of carbonyl (C=O) groups is 2. The quantitative estimate of drug-likeness (QED) is 0.710. The van der Waals surface area contributed by atoms with Gasteiger partial charge in [-0.3, -0.25) is 14.5 Å². The maximum Gasteiger partial charge on any atom is 0.287 e. The topological polar surface area (TPSA) is 77.8 Å². The molecular weight excluding hydrogens is 368 g/mol. The SMILES string of the molecule is CCN1CCN(Cc2ccc(CNC(=O)[C@H](C)NC(=O)c3ccco3)cc2)CC1. The van der Waals surface area contributed by atoms with Crippen LogP contribution in [0.2, 0.25) is 0 Å². The van der Waals surface area contributed by atoms with Crippen LogP contribution in [0.1, 0.15) is 35.5 Å². The van der Waals surface area contributed by atoms with Crippen molar-refractivity contribution < 1.29 is 14.0 Å². The molecule has 29 heavy (non-hydrogen) atoms. The molecule has 2 N–H and O–H groups in total. The smallest absolute Gasteiger partial charge is 0.287 e. The molecule has 1 aliphatic rings. The zero-order valence-electron chi connectivity index (χ0n) is 17.2. The summed E-state index contributed by atoms with van der Waals surface area (Å²) in [5.41, 5.74) is 2.31. The minimum atomic E-state index is -0.645. The van der Waals surface area contributed by atoms with Gasteiger partial charge in [-0.1, -0.05) is 31.2 Å². The highest BCUT2D eigenvalue weighted by molar-refractivity contribution is 5.95. The molecule has 0 unspecified atom stereocenters.